The first-order chi connectivity index (χ1) is 14.4. The number of hydrogen-bond acceptors (Lipinski definition) is 7. The molecule has 1 aromatic heterocycles. The molecule has 0 unspecified atom stereocenters. The highest BCUT2D eigenvalue weighted by atomic mass is 32.1. The number of methoxy groups -OCH3 is 2. The first-order valence-electron chi connectivity index (χ1n) is 9.24. The number of thiophene rings is 1. The van der Waals surface area contributed by atoms with E-state index in [0.29, 0.717) is 27.6 Å². The van der Waals surface area contributed by atoms with E-state index >= 15 is 0 Å². The maximum atomic E-state index is 12.2. The molecule has 8 nitrogen and oxygen atoms in total. The normalized spacial score (nSPS) is 12.5. The van der Waals surface area contributed by atoms with Gasteiger partial charge in [0.05, 0.1) is 19.8 Å². The van der Waals surface area contributed by atoms with Crippen LogP contribution in [0.1, 0.15) is 32.8 Å². The van der Waals surface area contributed by atoms with Crippen molar-refractivity contribution in [3.8, 4) is 11.5 Å². The number of primary amides is 1. The van der Waals surface area contributed by atoms with Gasteiger partial charge in [-0.05, 0) is 43.0 Å². The van der Waals surface area contributed by atoms with E-state index in [1.165, 1.54) is 30.6 Å². The summed E-state index contributed by atoms with van der Waals surface area (Å²) < 4.78 is 15.4. The smallest absolute Gasteiger partial charge is 0.331 e. The summed E-state index contributed by atoms with van der Waals surface area (Å²) in [6, 6.07) is 5.15. The molecule has 0 spiro atoms. The van der Waals surface area contributed by atoms with Crippen LogP contribution in [0.15, 0.2) is 24.3 Å². The standard InChI is InChI=1S/C21H22N2O6S/c1-27-13-8-6-12(15(10-13)28-2)7-9-18(25)29-11-17(24)23-21-19(20(22)26)14-4-3-5-16(14)30-21/h6-10H,3-5,11H2,1-2H3,(H2,22,26)(H,23,24). The number of anilines is 1. The van der Waals surface area contributed by atoms with Crippen molar-refractivity contribution in [2.45, 2.75) is 19.3 Å². The summed E-state index contributed by atoms with van der Waals surface area (Å²) in [7, 11) is 3.05. The summed E-state index contributed by atoms with van der Waals surface area (Å²) in [4.78, 5) is 37.0. The molecule has 0 atom stereocenters. The van der Waals surface area contributed by atoms with Gasteiger partial charge in [-0.3, -0.25) is 9.59 Å². The molecule has 0 saturated heterocycles. The van der Waals surface area contributed by atoms with E-state index in [1.54, 1.807) is 25.3 Å². The Morgan fingerprint density at radius 3 is 2.70 bits per heavy atom. The van der Waals surface area contributed by atoms with Gasteiger partial charge in [-0.2, -0.15) is 0 Å². The van der Waals surface area contributed by atoms with Gasteiger partial charge in [0.15, 0.2) is 6.61 Å². The van der Waals surface area contributed by atoms with Crippen LogP contribution in [0.4, 0.5) is 5.00 Å². The van der Waals surface area contributed by atoms with Gasteiger partial charge in [0.2, 0.25) is 0 Å². The molecule has 0 aliphatic heterocycles. The molecular formula is C21H22N2O6S. The molecule has 158 valence electrons. The van der Waals surface area contributed by atoms with Gasteiger partial charge in [-0.1, -0.05) is 0 Å². The van der Waals surface area contributed by atoms with Crippen LogP contribution in [-0.2, 0) is 27.2 Å². The third-order valence-corrected chi connectivity index (χ3v) is 5.81. The number of amides is 2. The van der Waals surface area contributed by atoms with Gasteiger partial charge in [0.25, 0.3) is 11.8 Å². The van der Waals surface area contributed by atoms with Crippen molar-refractivity contribution in [2.75, 3.05) is 26.1 Å². The molecule has 30 heavy (non-hydrogen) atoms. The number of hydrogen-bond donors (Lipinski definition) is 2. The summed E-state index contributed by atoms with van der Waals surface area (Å²) in [5.74, 6) is -0.648. The van der Waals surface area contributed by atoms with Crippen molar-refractivity contribution in [1.82, 2.24) is 0 Å². The number of carbonyl (C=O) groups excluding carboxylic acids is 3. The highest BCUT2D eigenvalue weighted by Gasteiger charge is 2.26. The summed E-state index contributed by atoms with van der Waals surface area (Å²) in [5, 5.41) is 3.03. The van der Waals surface area contributed by atoms with Crippen molar-refractivity contribution in [1.29, 1.82) is 0 Å². The van der Waals surface area contributed by atoms with Crippen LogP contribution in [0.2, 0.25) is 0 Å². The molecule has 3 N–H and O–H groups in total. The van der Waals surface area contributed by atoms with Gasteiger partial charge >= 0.3 is 5.97 Å². The number of nitrogens with two attached hydrogens (primary N) is 1. The zero-order valence-corrected chi connectivity index (χ0v) is 17.5. The van der Waals surface area contributed by atoms with Crippen LogP contribution < -0.4 is 20.5 Å². The van der Waals surface area contributed by atoms with Gasteiger partial charge in [0.1, 0.15) is 16.5 Å². The third-order valence-electron chi connectivity index (χ3n) is 4.61. The minimum atomic E-state index is -0.688. The Morgan fingerprint density at radius 1 is 1.20 bits per heavy atom. The van der Waals surface area contributed by atoms with E-state index < -0.39 is 24.4 Å². The topological polar surface area (TPSA) is 117 Å². The fraction of sp³-hybridized carbons (Fsp3) is 0.286. The van der Waals surface area contributed by atoms with E-state index in [2.05, 4.69) is 5.32 Å². The fourth-order valence-corrected chi connectivity index (χ4v) is 4.53. The molecule has 0 bridgehead atoms. The Balaban J connectivity index is 1.57. The average Bonchev–Trinajstić information content (AvgIpc) is 3.30. The van der Waals surface area contributed by atoms with E-state index in [4.69, 9.17) is 19.9 Å². The van der Waals surface area contributed by atoms with Crippen molar-refractivity contribution >= 4 is 40.2 Å². The fourth-order valence-electron chi connectivity index (χ4n) is 3.21. The van der Waals surface area contributed by atoms with Crippen molar-refractivity contribution in [2.24, 2.45) is 5.73 Å². The number of fused-ring (bicyclic) bond motifs is 1. The molecule has 1 aromatic carbocycles. The van der Waals surface area contributed by atoms with E-state index in [-0.39, 0.29) is 0 Å². The second-order valence-electron chi connectivity index (χ2n) is 6.52. The Hall–Kier alpha value is -3.33. The first-order valence-corrected chi connectivity index (χ1v) is 10.1. The number of rotatable bonds is 8. The lowest BCUT2D eigenvalue weighted by Crippen LogP contribution is -2.22. The van der Waals surface area contributed by atoms with E-state index in [0.717, 1.165) is 29.7 Å². The van der Waals surface area contributed by atoms with Gasteiger partial charge in [-0.15, -0.1) is 11.3 Å². The average molecular weight is 430 g/mol. The van der Waals surface area contributed by atoms with Crippen LogP contribution >= 0.6 is 11.3 Å². The lowest BCUT2D eigenvalue weighted by Gasteiger charge is -2.07. The second-order valence-corrected chi connectivity index (χ2v) is 7.63. The molecule has 2 amide bonds. The van der Waals surface area contributed by atoms with Crippen LogP contribution in [0.25, 0.3) is 6.08 Å². The maximum Gasteiger partial charge on any atom is 0.331 e. The Kier molecular flexibility index (Phi) is 6.73. The lowest BCUT2D eigenvalue weighted by molar-refractivity contribution is -0.142. The maximum absolute atomic E-state index is 12.2. The van der Waals surface area contributed by atoms with Crippen LogP contribution in [0.3, 0.4) is 0 Å². The molecule has 1 aliphatic rings. The minimum absolute atomic E-state index is 0.360. The molecule has 2 aromatic rings. The number of aryl methyl sites for hydroxylation is 1. The third kappa shape index (κ3) is 4.80. The van der Waals surface area contributed by atoms with Crippen LogP contribution in [0.5, 0.6) is 11.5 Å². The number of ether oxygens (including phenoxy) is 3. The first kappa shape index (κ1) is 21.4. The molecule has 0 fully saturated rings. The summed E-state index contributed by atoms with van der Waals surface area (Å²) in [5.41, 5.74) is 7.40. The number of esters is 1. The zero-order valence-electron chi connectivity index (χ0n) is 16.7. The van der Waals surface area contributed by atoms with Crippen molar-refractivity contribution in [3.63, 3.8) is 0 Å². The number of nitrogens with one attached hydrogen (secondary N) is 1. The number of carbonyl (C=O) groups is 3. The molecule has 0 radical (unpaired) electrons. The summed E-state index contributed by atoms with van der Waals surface area (Å²) in [6.07, 6.45) is 5.33. The van der Waals surface area contributed by atoms with Crippen molar-refractivity contribution < 1.29 is 28.6 Å². The molecule has 0 saturated carbocycles. The quantitative estimate of drug-likeness (QED) is 0.491. The Labute approximate surface area is 177 Å². The lowest BCUT2D eigenvalue weighted by atomic mass is 10.1. The largest absolute Gasteiger partial charge is 0.497 e. The highest BCUT2D eigenvalue weighted by molar-refractivity contribution is 7.17. The zero-order chi connectivity index (χ0) is 21.7. The molecule has 1 heterocycles. The number of benzene rings is 1. The van der Waals surface area contributed by atoms with Crippen molar-refractivity contribution in [3.05, 3.63) is 45.8 Å². The van der Waals surface area contributed by atoms with E-state index in [1.807, 2.05) is 0 Å². The highest BCUT2D eigenvalue weighted by Crippen LogP contribution is 2.38. The Bertz CT molecular complexity index is 1010. The monoisotopic (exact) mass is 430 g/mol. The Morgan fingerprint density at radius 2 is 2.00 bits per heavy atom. The minimum Gasteiger partial charge on any atom is -0.497 e. The molecule has 9 heteroatoms. The molecule has 3 rings (SSSR count). The predicted molar refractivity (Wildman–Crippen MR) is 113 cm³/mol. The van der Waals surface area contributed by atoms with E-state index in [9.17, 15) is 14.4 Å². The molecule has 1 aliphatic carbocycles. The predicted octanol–water partition coefficient (Wildman–Crippen LogP) is 2.55. The van der Waals surface area contributed by atoms with Gasteiger partial charge in [0, 0.05) is 22.6 Å². The summed E-state index contributed by atoms with van der Waals surface area (Å²) in [6.45, 7) is -0.482. The molecular weight excluding hydrogens is 408 g/mol. The summed E-state index contributed by atoms with van der Waals surface area (Å²) >= 11 is 1.34. The van der Waals surface area contributed by atoms with Crippen LogP contribution in [-0.4, -0.2) is 38.6 Å². The van der Waals surface area contributed by atoms with Gasteiger partial charge in [-0.25, -0.2) is 4.79 Å². The SMILES string of the molecule is COc1ccc(C=CC(=O)OCC(=O)Nc2sc3c(c2C(N)=O)CCC3)c(OC)c1. The van der Waals surface area contributed by atoms with Gasteiger partial charge < -0.3 is 25.3 Å². The van der Waals surface area contributed by atoms with Crippen LogP contribution in [0, 0.1) is 0 Å². The second kappa shape index (κ2) is 9.45.